The third kappa shape index (κ3) is 2.12. The Labute approximate surface area is 103 Å². The molecule has 17 heavy (non-hydrogen) atoms. The van der Waals surface area contributed by atoms with Crippen molar-refractivity contribution in [1.82, 2.24) is 0 Å². The number of benzene rings is 1. The number of rotatable bonds is 2. The largest absolute Gasteiger partial charge is 0.508 e. The molecule has 1 atom stereocenters. The third-order valence-electron chi connectivity index (χ3n) is 3.55. The van der Waals surface area contributed by atoms with Crippen LogP contribution < -0.4 is 4.90 Å². The summed E-state index contributed by atoms with van der Waals surface area (Å²) in [7, 11) is 0. The Morgan fingerprint density at radius 3 is 2.53 bits per heavy atom. The molecule has 0 aromatic heterocycles. The summed E-state index contributed by atoms with van der Waals surface area (Å²) in [5.41, 5.74) is 1.41. The fourth-order valence-electron chi connectivity index (χ4n) is 2.57. The van der Waals surface area contributed by atoms with E-state index in [2.05, 4.69) is 18.7 Å². The number of fused-ring (bicyclic) bond motifs is 1. The van der Waals surface area contributed by atoms with Crippen LogP contribution in [-0.4, -0.2) is 28.4 Å². The van der Waals surface area contributed by atoms with Gasteiger partial charge in [-0.05, 0) is 51.5 Å². The van der Waals surface area contributed by atoms with Crippen molar-refractivity contribution in [3.63, 3.8) is 0 Å². The molecule has 1 unspecified atom stereocenters. The summed E-state index contributed by atoms with van der Waals surface area (Å²) in [5, 5.41) is 19.9. The van der Waals surface area contributed by atoms with Gasteiger partial charge in [-0.2, -0.15) is 0 Å². The predicted octanol–water partition coefficient (Wildman–Crippen LogP) is 2.48. The minimum atomic E-state index is -0.772. The van der Waals surface area contributed by atoms with E-state index < -0.39 is 5.60 Å². The number of phenols is 1. The fourth-order valence-corrected chi connectivity index (χ4v) is 2.57. The number of hydrogen-bond acceptors (Lipinski definition) is 3. The minimum Gasteiger partial charge on any atom is -0.508 e. The second-order valence-corrected chi connectivity index (χ2v) is 5.70. The maximum absolute atomic E-state index is 10.2. The maximum Gasteiger partial charge on any atom is 0.116 e. The topological polar surface area (TPSA) is 43.7 Å². The van der Waals surface area contributed by atoms with Gasteiger partial charge in [0.1, 0.15) is 5.75 Å². The molecular weight excluding hydrogens is 214 g/mol. The highest BCUT2D eigenvalue weighted by molar-refractivity contribution is 5.63. The first-order valence-corrected chi connectivity index (χ1v) is 6.12. The molecule has 1 aromatic carbocycles. The van der Waals surface area contributed by atoms with Gasteiger partial charge in [-0.1, -0.05) is 0 Å². The number of hydrogen-bond donors (Lipinski definition) is 2. The fraction of sp³-hybridized carbons (Fsp3) is 0.571. The molecule has 0 saturated heterocycles. The van der Waals surface area contributed by atoms with Gasteiger partial charge in [0.25, 0.3) is 0 Å². The molecule has 3 nitrogen and oxygen atoms in total. The van der Waals surface area contributed by atoms with Gasteiger partial charge in [0.2, 0.25) is 0 Å². The number of aromatic hydroxyl groups is 1. The van der Waals surface area contributed by atoms with Crippen LogP contribution in [0.5, 0.6) is 5.75 Å². The molecule has 0 radical (unpaired) electrons. The molecule has 0 spiro atoms. The Kier molecular flexibility index (Phi) is 2.82. The Hall–Kier alpha value is -1.22. The maximum atomic E-state index is 10.2. The van der Waals surface area contributed by atoms with Crippen molar-refractivity contribution in [3.8, 4) is 5.75 Å². The number of phenolic OH excluding ortho intramolecular Hbond substituents is 1. The summed E-state index contributed by atoms with van der Waals surface area (Å²) in [6.45, 7) is 8.75. The van der Waals surface area contributed by atoms with Crippen molar-refractivity contribution in [2.24, 2.45) is 0 Å². The summed E-state index contributed by atoms with van der Waals surface area (Å²) in [6.07, 6.45) is 0. The Morgan fingerprint density at radius 1 is 1.35 bits per heavy atom. The first-order chi connectivity index (χ1) is 7.80. The van der Waals surface area contributed by atoms with E-state index in [9.17, 15) is 10.2 Å². The smallest absolute Gasteiger partial charge is 0.116 e. The Bertz CT molecular complexity index is 421. The van der Waals surface area contributed by atoms with Gasteiger partial charge in [-0.25, -0.2) is 0 Å². The first-order valence-electron chi connectivity index (χ1n) is 6.12. The lowest BCUT2D eigenvalue weighted by Crippen LogP contribution is -2.36. The van der Waals surface area contributed by atoms with Crippen LogP contribution in [0.2, 0.25) is 0 Å². The highest BCUT2D eigenvalue weighted by Crippen LogP contribution is 2.44. The van der Waals surface area contributed by atoms with Gasteiger partial charge in [0.05, 0.1) is 5.60 Å². The SMILES string of the molecule is CC(C)N1CC(C(C)(C)O)c2cc(O)ccc21. The quantitative estimate of drug-likeness (QED) is 0.827. The standard InChI is InChI=1S/C14H21NO2/c1-9(2)15-8-12(14(3,4)17)11-7-10(16)5-6-13(11)15/h5-7,9,12,16-17H,8H2,1-4H3. The zero-order valence-corrected chi connectivity index (χ0v) is 10.9. The summed E-state index contributed by atoms with van der Waals surface area (Å²) < 4.78 is 0. The second kappa shape index (κ2) is 3.91. The molecule has 0 aliphatic carbocycles. The van der Waals surface area contributed by atoms with Gasteiger partial charge >= 0.3 is 0 Å². The summed E-state index contributed by atoms with van der Waals surface area (Å²) in [5.74, 6) is 0.315. The van der Waals surface area contributed by atoms with Crippen molar-refractivity contribution in [1.29, 1.82) is 0 Å². The molecule has 0 saturated carbocycles. The van der Waals surface area contributed by atoms with Crippen LogP contribution in [0.3, 0.4) is 0 Å². The average molecular weight is 235 g/mol. The van der Waals surface area contributed by atoms with Crippen LogP contribution in [0, 0.1) is 0 Å². The van der Waals surface area contributed by atoms with E-state index in [0.29, 0.717) is 6.04 Å². The van der Waals surface area contributed by atoms with Crippen LogP contribution in [0.15, 0.2) is 18.2 Å². The van der Waals surface area contributed by atoms with Crippen molar-refractivity contribution >= 4 is 5.69 Å². The van der Waals surface area contributed by atoms with Crippen LogP contribution in [0.4, 0.5) is 5.69 Å². The van der Waals surface area contributed by atoms with Crippen LogP contribution in [-0.2, 0) is 0 Å². The minimum absolute atomic E-state index is 0.0481. The molecule has 1 heterocycles. The Balaban J connectivity index is 2.49. The van der Waals surface area contributed by atoms with Gasteiger partial charge in [-0.15, -0.1) is 0 Å². The molecule has 0 fully saturated rings. The van der Waals surface area contributed by atoms with Crippen molar-refractivity contribution < 1.29 is 10.2 Å². The second-order valence-electron chi connectivity index (χ2n) is 5.70. The molecule has 0 amide bonds. The van der Waals surface area contributed by atoms with Gasteiger partial charge in [0, 0.05) is 24.2 Å². The zero-order valence-electron chi connectivity index (χ0n) is 10.9. The van der Waals surface area contributed by atoms with E-state index in [0.717, 1.165) is 17.8 Å². The van der Waals surface area contributed by atoms with E-state index in [1.165, 1.54) is 0 Å². The lowest BCUT2D eigenvalue weighted by atomic mass is 9.86. The molecule has 1 aliphatic rings. The summed E-state index contributed by atoms with van der Waals surface area (Å²) >= 11 is 0. The number of anilines is 1. The molecule has 94 valence electrons. The Morgan fingerprint density at radius 2 is 2.00 bits per heavy atom. The molecule has 0 bridgehead atoms. The average Bonchev–Trinajstić information content (AvgIpc) is 2.55. The van der Waals surface area contributed by atoms with E-state index in [-0.39, 0.29) is 11.7 Å². The normalized spacial score (nSPS) is 19.9. The van der Waals surface area contributed by atoms with Gasteiger partial charge in [-0.3, -0.25) is 0 Å². The molecular formula is C14H21NO2. The van der Waals surface area contributed by atoms with Crippen molar-refractivity contribution in [3.05, 3.63) is 23.8 Å². The molecule has 1 aromatic rings. The molecule has 1 aliphatic heterocycles. The summed E-state index contributed by atoms with van der Waals surface area (Å²) in [6, 6.07) is 5.82. The molecule has 2 N–H and O–H groups in total. The van der Waals surface area contributed by atoms with E-state index in [1.807, 2.05) is 19.9 Å². The molecule has 2 rings (SSSR count). The van der Waals surface area contributed by atoms with E-state index >= 15 is 0 Å². The third-order valence-corrected chi connectivity index (χ3v) is 3.55. The lowest BCUT2D eigenvalue weighted by molar-refractivity contribution is 0.0545. The zero-order chi connectivity index (χ0) is 12.8. The van der Waals surface area contributed by atoms with Crippen molar-refractivity contribution in [2.45, 2.75) is 45.3 Å². The van der Waals surface area contributed by atoms with E-state index in [1.54, 1.807) is 12.1 Å². The highest BCUT2D eigenvalue weighted by Gasteiger charge is 2.38. The predicted molar refractivity (Wildman–Crippen MR) is 69.6 cm³/mol. The van der Waals surface area contributed by atoms with Gasteiger partial charge < -0.3 is 15.1 Å². The first kappa shape index (κ1) is 12.2. The highest BCUT2D eigenvalue weighted by atomic mass is 16.3. The number of aliphatic hydroxyl groups is 1. The van der Waals surface area contributed by atoms with Gasteiger partial charge in [0.15, 0.2) is 0 Å². The lowest BCUT2D eigenvalue weighted by Gasteiger charge is -2.28. The van der Waals surface area contributed by atoms with Crippen LogP contribution in [0.1, 0.15) is 39.2 Å². The number of nitrogens with zero attached hydrogens (tertiary/aromatic N) is 1. The summed E-state index contributed by atoms with van der Waals surface area (Å²) in [4.78, 5) is 2.28. The van der Waals surface area contributed by atoms with Crippen LogP contribution in [0.25, 0.3) is 0 Å². The van der Waals surface area contributed by atoms with Crippen molar-refractivity contribution in [2.75, 3.05) is 11.4 Å². The monoisotopic (exact) mass is 235 g/mol. The van der Waals surface area contributed by atoms with E-state index in [4.69, 9.17) is 0 Å². The van der Waals surface area contributed by atoms with Crippen LogP contribution >= 0.6 is 0 Å². The molecule has 3 heteroatoms.